The molecule has 8 heteroatoms. The number of aromatic nitrogens is 3. The molecule has 0 bridgehead atoms. The van der Waals surface area contributed by atoms with Gasteiger partial charge in [-0.1, -0.05) is 23.9 Å². The van der Waals surface area contributed by atoms with Gasteiger partial charge in [-0.3, -0.25) is 9.59 Å². The quantitative estimate of drug-likeness (QED) is 0.492. The molecule has 168 valence electrons. The number of carbonyl (C=O) groups is 2. The van der Waals surface area contributed by atoms with Crippen LogP contribution in [-0.2, 0) is 22.6 Å². The van der Waals surface area contributed by atoms with E-state index in [4.69, 9.17) is 4.52 Å². The van der Waals surface area contributed by atoms with Crippen molar-refractivity contribution in [3.05, 3.63) is 59.8 Å². The standard InChI is InChI=1S/C25H25N5O3/c1-3-23-27-10-11-29(23)13-18-12-22(33-28-18)17-7-4-16(5-8-17)6-9-19-20-14-30(15-21(19)20)25(32)24(31)26-2/h4-5,7-8,10-12,19-21H,3,13-15H2,1-2H3,(H,26,31)/t19-,20-,21+. The summed E-state index contributed by atoms with van der Waals surface area (Å²) >= 11 is 0. The predicted molar refractivity (Wildman–Crippen MR) is 121 cm³/mol. The Morgan fingerprint density at radius 3 is 2.67 bits per heavy atom. The van der Waals surface area contributed by atoms with Gasteiger partial charge in [0.15, 0.2) is 5.76 Å². The van der Waals surface area contributed by atoms with Crippen LogP contribution in [0.3, 0.4) is 0 Å². The lowest BCUT2D eigenvalue weighted by molar-refractivity contribution is -0.145. The number of likely N-dealkylation sites (tertiary alicyclic amines) is 1. The largest absolute Gasteiger partial charge is 0.356 e. The van der Waals surface area contributed by atoms with Crippen molar-refractivity contribution in [2.45, 2.75) is 19.9 Å². The minimum Gasteiger partial charge on any atom is -0.356 e. The van der Waals surface area contributed by atoms with Crippen LogP contribution >= 0.6 is 0 Å². The second-order valence-corrected chi connectivity index (χ2v) is 8.50. The van der Waals surface area contributed by atoms with Gasteiger partial charge in [0.05, 0.1) is 6.54 Å². The number of rotatable bonds is 4. The minimum absolute atomic E-state index is 0.298. The Morgan fingerprint density at radius 2 is 1.97 bits per heavy atom. The van der Waals surface area contributed by atoms with E-state index in [1.165, 1.54) is 7.05 Å². The number of imidazole rings is 1. The molecule has 1 saturated heterocycles. The molecule has 2 amide bonds. The molecule has 3 atom stereocenters. The second-order valence-electron chi connectivity index (χ2n) is 8.50. The Labute approximate surface area is 192 Å². The first-order chi connectivity index (χ1) is 16.1. The lowest BCUT2D eigenvalue weighted by atomic mass is 10.1. The Morgan fingerprint density at radius 1 is 1.21 bits per heavy atom. The summed E-state index contributed by atoms with van der Waals surface area (Å²) in [6.45, 7) is 3.94. The van der Waals surface area contributed by atoms with E-state index in [1.807, 2.05) is 36.5 Å². The molecule has 5 rings (SSSR count). The van der Waals surface area contributed by atoms with Crippen LogP contribution in [0.5, 0.6) is 0 Å². The van der Waals surface area contributed by atoms with E-state index < -0.39 is 11.8 Å². The van der Waals surface area contributed by atoms with E-state index in [1.54, 1.807) is 11.1 Å². The summed E-state index contributed by atoms with van der Waals surface area (Å²) in [5.41, 5.74) is 2.74. The van der Waals surface area contributed by atoms with Crippen LogP contribution in [0.25, 0.3) is 11.3 Å². The van der Waals surface area contributed by atoms with Crippen LogP contribution in [0.2, 0.25) is 0 Å². The van der Waals surface area contributed by atoms with Crippen molar-refractivity contribution in [1.82, 2.24) is 24.9 Å². The molecule has 0 radical (unpaired) electrons. The average Bonchev–Trinajstić information content (AvgIpc) is 3.33. The summed E-state index contributed by atoms with van der Waals surface area (Å²) in [6, 6.07) is 9.89. The number of hydrogen-bond donors (Lipinski definition) is 1. The number of carbonyl (C=O) groups excluding carboxylic acids is 2. The molecular formula is C25H25N5O3. The van der Waals surface area contributed by atoms with Gasteiger partial charge in [-0.15, -0.1) is 0 Å². The molecule has 3 heterocycles. The number of likely N-dealkylation sites (N-methyl/N-ethyl adjacent to an activating group) is 1. The van der Waals surface area contributed by atoms with Gasteiger partial charge in [0.2, 0.25) is 0 Å². The molecule has 1 aliphatic heterocycles. The minimum atomic E-state index is -0.551. The summed E-state index contributed by atoms with van der Waals surface area (Å²) in [7, 11) is 1.47. The van der Waals surface area contributed by atoms with Gasteiger partial charge in [0, 0.05) is 62.1 Å². The summed E-state index contributed by atoms with van der Waals surface area (Å²) in [5, 5.41) is 6.58. The topological polar surface area (TPSA) is 93.3 Å². The number of benzene rings is 1. The first-order valence-corrected chi connectivity index (χ1v) is 11.2. The zero-order valence-corrected chi connectivity index (χ0v) is 18.6. The number of nitrogens with zero attached hydrogens (tertiary/aromatic N) is 4. The van der Waals surface area contributed by atoms with Gasteiger partial charge in [0.25, 0.3) is 0 Å². The molecule has 1 aliphatic carbocycles. The van der Waals surface area contributed by atoms with Crippen LogP contribution in [0.1, 0.15) is 24.0 Å². The number of fused-ring (bicyclic) bond motifs is 1. The van der Waals surface area contributed by atoms with Crippen molar-refractivity contribution in [3.63, 3.8) is 0 Å². The number of nitrogens with one attached hydrogen (secondary N) is 1. The third-order valence-corrected chi connectivity index (χ3v) is 6.46. The van der Waals surface area contributed by atoms with Crippen molar-refractivity contribution < 1.29 is 14.1 Å². The molecule has 2 aliphatic rings. The normalized spacial score (nSPS) is 20.7. The fourth-order valence-corrected chi connectivity index (χ4v) is 4.54. The van der Waals surface area contributed by atoms with E-state index in [9.17, 15) is 9.59 Å². The van der Waals surface area contributed by atoms with E-state index in [2.05, 4.69) is 38.8 Å². The fourth-order valence-electron chi connectivity index (χ4n) is 4.54. The van der Waals surface area contributed by atoms with E-state index in [-0.39, 0.29) is 0 Å². The Balaban J connectivity index is 1.18. The molecule has 3 aromatic rings. The zero-order chi connectivity index (χ0) is 22.9. The van der Waals surface area contributed by atoms with Crippen molar-refractivity contribution in [2.24, 2.45) is 17.8 Å². The molecule has 2 fully saturated rings. The highest BCUT2D eigenvalue weighted by atomic mass is 16.5. The monoisotopic (exact) mass is 443 g/mol. The van der Waals surface area contributed by atoms with Crippen LogP contribution in [0.15, 0.2) is 47.2 Å². The van der Waals surface area contributed by atoms with Crippen LogP contribution in [0, 0.1) is 29.6 Å². The molecule has 8 nitrogen and oxygen atoms in total. The average molecular weight is 444 g/mol. The highest BCUT2D eigenvalue weighted by Crippen LogP contribution is 2.51. The Hall–Kier alpha value is -3.86. The molecule has 1 N–H and O–H groups in total. The van der Waals surface area contributed by atoms with Crippen molar-refractivity contribution in [2.75, 3.05) is 20.1 Å². The maximum Gasteiger partial charge on any atom is 0.311 e. The van der Waals surface area contributed by atoms with Gasteiger partial charge < -0.3 is 19.3 Å². The Bertz CT molecular complexity index is 1230. The van der Waals surface area contributed by atoms with Crippen LogP contribution in [0.4, 0.5) is 0 Å². The van der Waals surface area contributed by atoms with Gasteiger partial charge in [-0.2, -0.15) is 0 Å². The van der Waals surface area contributed by atoms with E-state index in [0.717, 1.165) is 34.8 Å². The fraction of sp³-hybridized carbons (Fsp3) is 0.360. The van der Waals surface area contributed by atoms with Crippen molar-refractivity contribution in [3.8, 4) is 23.2 Å². The third kappa shape index (κ3) is 4.14. The summed E-state index contributed by atoms with van der Waals surface area (Å²) in [4.78, 5) is 29.4. The summed E-state index contributed by atoms with van der Waals surface area (Å²) < 4.78 is 7.62. The molecular weight excluding hydrogens is 418 g/mol. The number of piperidine rings is 1. The van der Waals surface area contributed by atoms with Gasteiger partial charge in [-0.05, 0) is 36.1 Å². The zero-order valence-electron chi connectivity index (χ0n) is 18.6. The molecule has 0 unspecified atom stereocenters. The smallest absolute Gasteiger partial charge is 0.311 e. The first-order valence-electron chi connectivity index (χ1n) is 11.2. The van der Waals surface area contributed by atoms with Crippen LogP contribution < -0.4 is 5.32 Å². The summed E-state index contributed by atoms with van der Waals surface area (Å²) in [6.07, 6.45) is 4.62. The lowest BCUT2D eigenvalue weighted by Gasteiger charge is -2.17. The summed E-state index contributed by atoms with van der Waals surface area (Å²) in [5.74, 6) is 8.39. The maximum atomic E-state index is 11.9. The number of aryl methyl sites for hydroxylation is 1. The molecule has 1 aromatic carbocycles. The highest BCUT2D eigenvalue weighted by molar-refractivity contribution is 6.35. The third-order valence-electron chi connectivity index (χ3n) is 6.46. The first kappa shape index (κ1) is 21.0. The van der Waals surface area contributed by atoms with Gasteiger partial charge in [0.1, 0.15) is 11.5 Å². The lowest BCUT2D eigenvalue weighted by Crippen LogP contribution is -2.41. The van der Waals surface area contributed by atoms with E-state index >= 15 is 0 Å². The van der Waals surface area contributed by atoms with Crippen molar-refractivity contribution >= 4 is 11.8 Å². The maximum absolute atomic E-state index is 11.9. The van der Waals surface area contributed by atoms with Gasteiger partial charge in [-0.25, -0.2) is 4.98 Å². The molecule has 2 aromatic heterocycles. The highest BCUT2D eigenvalue weighted by Gasteiger charge is 2.56. The molecule has 1 saturated carbocycles. The number of amides is 2. The second kappa shape index (κ2) is 8.58. The molecule has 33 heavy (non-hydrogen) atoms. The molecule has 0 spiro atoms. The predicted octanol–water partition coefficient (Wildman–Crippen LogP) is 1.95. The van der Waals surface area contributed by atoms with Crippen molar-refractivity contribution in [1.29, 1.82) is 0 Å². The van der Waals surface area contributed by atoms with Crippen LogP contribution in [-0.4, -0.2) is 51.6 Å². The number of hydrogen-bond acceptors (Lipinski definition) is 5. The SMILES string of the molecule is CCc1nccn1Cc1cc(-c2ccc(C#C[C@@H]3[C@H]4CN(C(=O)C(=O)NC)C[C@@H]34)cc2)on1. The van der Waals surface area contributed by atoms with Gasteiger partial charge >= 0.3 is 11.8 Å². The Kier molecular flexibility index (Phi) is 5.47. The van der Waals surface area contributed by atoms with E-state index in [0.29, 0.717) is 37.4 Å².